The largest absolute Gasteiger partial charge is 0.352 e. The lowest BCUT2D eigenvalue weighted by Crippen LogP contribution is -2.29. The Labute approximate surface area is 104 Å². The van der Waals surface area contributed by atoms with Crippen molar-refractivity contribution in [1.82, 2.24) is 10.6 Å². The van der Waals surface area contributed by atoms with E-state index in [0.717, 1.165) is 18.5 Å². The molecule has 0 aliphatic heterocycles. The molecule has 3 heteroatoms. The molecule has 0 aliphatic carbocycles. The summed E-state index contributed by atoms with van der Waals surface area (Å²) in [7, 11) is 0. The van der Waals surface area contributed by atoms with Crippen LogP contribution in [0.5, 0.6) is 0 Å². The van der Waals surface area contributed by atoms with Crippen LogP contribution >= 0.6 is 0 Å². The molecule has 17 heavy (non-hydrogen) atoms. The van der Waals surface area contributed by atoms with Crippen LogP contribution < -0.4 is 10.6 Å². The molecule has 0 aliphatic rings. The van der Waals surface area contributed by atoms with Crippen LogP contribution in [0.1, 0.15) is 36.2 Å². The Morgan fingerprint density at radius 1 is 1.18 bits per heavy atom. The first kappa shape index (κ1) is 13.7. The van der Waals surface area contributed by atoms with Crippen molar-refractivity contribution in [1.29, 1.82) is 0 Å². The maximum absolute atomic E-state index is 11.7. The van der Waals surface area contributed by atoms with Crippen LogP contribution in [-0.4, -0.2) is 25.0 Å². The van der Waals surface area contributed by atoms with E-state index in [2.05, 4.69) is 24.5 Å². The minimum Gasteiger partial charge on any atom is -0.352 e. The fourth-order valence-corrected chi connectivity index (χ4v) is 1.49. The van der Waals surface area contributed by atoms with Crippen molar-refractivity contribution in [2.75, 3.05) is 13.1 Å². The summed E-state index contributed by atoms with van der Waals surface area (Å²) < 4.78 is 0. The zero-order chi connectivity index (χ0) is 12.7. The molecule has 2 N–H and O–H groups in total. The minimum atomic E-state index is 0.00884. The van der Waals surface area contributed by atoms with Gasteiger partial charge in [0.2, 0.25) is 0 Å². The third-order valence-corrected chi connectivity index (χ3v) is 2.51. The lowest BCUT2D eigenvalue weighted by atomic mass is 10.1. The third-order valence-electron chi connectivity index (χ3n) is 2.51. The quantitative estimate of drug-likeness (QED) is 0.740. The average molecular weight is 234 g/mol. The standard InChI is InChI=1S/C14H22N2O/c1-11(2)15-9-4-10-16-14(17)13-7-5-12(3)6-8-13/h5-8,11,15H,4,9-10H2,1-3H3,(H,16,17). The molecule has 0 saturated heterocycles. The first-order valence-corrected chi connectivity index (χ1v) is 6.18. The Morgan fingerprint density at radius 2 is 1.82 bits per heavy atom. The van der Waals surface area contributed by atoms with E-state index in [4.69, 9.17) is 0 Å². The van der Waals surface area contributed by atoms with Crippen LogP contribution in [0.4, 0.5) is 0 Å². The van der Waals surface area contributed by atoms with E-state index >= 15 is 0 Å². The van der Waals surface area contributed by atoms with Crippen LogP contribution in [0.15, 0.2) is 24.3 Å². The van der Waals surface area contributed by atoms with Gasteiger partial charge in [0.25, 0.3) is 5.91 Å². The van der Waals surface area contributed by atoms with Crippen LogP contribution in [0.2, 0.25) is 0 Å². The number of benzene rings is 1. The van der Waals surface area contributed by atoms with Crippen molar-refractivity contribution < 1.29 is 4.79 Å². The molecule has 0 bridgehead atoms. The molecule has 1 aromatic rings. The Kier molecular flexibility index (Phi) is 5.70. The second-order valence-corrected chi connectivity index (χ2v) is 4.58. The first-order chi connectivity index (χ1) is 8.09. The molecular weight excluding hydrogens is 212 g/mol. The normalized spacial score (nSPS) is 10.6. The predicted octanol–water partition coefficient (Wildman–Crippen LogP) is 2.11. The topological polar surface area (TPSA) is 41.1 Å². The van der Waals surface area contributed by atoms with Gasteiger partial charge in [-0.2, -0.15) is 0 Å². The van der Waals surface area contributed by atoms with Gasteiger partial charge in [-0.3, -0.25) is 4.79 Å². The number of nitrogens with one attached hydrogen (secondary N) is 2. The van der Waals surface area contributed by atoms with Crippen LogP contribution in [0.3, 0.4) is 0 Å². The number of aryl methyl sites for hydroxylation is 1. The minimum absolute atomic E-state index is 0.00884. The predicted molar refractivity (Wildman–Crippen MR) is 71.3 cm³/mol. The van der Waals surface area contributed by atoms with Crippen LogP contribution in [-0.2, 0) is 0 Å². The molecule has 0 saturated carbocycles. The number of carbonyl (C=O) groups excluding carboxylic acids is 1. The Balaban J connectivity index is 2.23. The molecule has 3 nitrogen and oxygen atoms in total. The summed E-state index contributed by atoms with van der Waals surface area (Å²) in [5.41, 5.74) is 1.90. The molecule has 0 radical (unpaired) electrons. The maximum Gasteiger partial charge on any atom is 0.251 e. The summed E-state index contributed by atoms with van der Waals surface area (Å²) in [4.78, 5) is 11.7. The second kappa shape index (κ2) is 7.07. The van der Waals surface area contributed by atoms with E-state index in [-0.39, 0.29) is 5.91 Å². The van der Waals surface area contributed by atoms with Crippen molar-refractivity contribution in [3.05, 3.63) is 35.4 Å². The fourth-order valence-electron chi connectivity index (χ4n) is 1.49. The van der Waals surface area contributed by atoms with Gasteiger partial charge in [0.1, 0.15) is 0 Å². The lowest BCUT2D eigenvalue weighted by molar-refractivity contribution is 0.0953. The SMILES string of the molecule is Cc1ccc(C(=O)NCCCNC(C)C)cc1. The molecule has 0 atom stereocenters. The highest BCUT2D eigenvalue weighted by atomic mass is 16.1. The molecule has 94 valence electrons. The van der Waals surface area contributed by atoms with Crippen molar-refractivity contribution in [2.24, 2.45) is 0 Å². The Bertz CT molecular complexity index is 344. The zero-order valence-electron chi connectivity index (χ0n) is 10.9. The van der Waals surface area contributed by atoms with Crippen molar-refractivity contribution >= 4 is 5.91 Å². The number of hydrogen-bond donors (Lipinski definition) is 2. The number of amides is 1. The molecular formula is C14H22N2O. The van der Waals surface area contributed by atoms with E-state index in [1.807, 2.05) is 31.2 Å². The van der Waals surface area contributed by atoms with Gasteiger partial charge in [-0.1, -0.05) is 31.5 Å². The van der Waals surface area contributed by atoms with Gasteiger partial charge in [-0.25, -0.2) is 0 Å². The van der Waals surface area contributed by atoms with Gasteiger partial charge >= 0.3 is 0 Å². The molecule has 0 aromatic heterocycles. The summed E-state index contributed by atoms with van der Waals surface area (Å²) in [6.45, 7) is 7.90. The monoisotopic (exact) mass is 234 g/mol. The van der Waals surface area contributed by atoms with Gasteiger partial charge in [-0.05, 0) is 32.0 Å². The Hall–Kier alpha value is -1.35. The highest BCUT2D eigenvalue weighted by Gasteiger charge is 2.03. The fraction of sp³-hybridized carbons (Fsp3) is 0.500. The second-order valence-electron chi connectivity index (χ2n) is 4.58. The summed E-state index contributed by atoms with van der Waals surface area (Å²) in [5.74, 6) is 0.00884. The Morgan fingerprint density at radius 3 is 2.41 bits per heavy atom. The van der Waals surface area contributed by atoms with Crippen molar-refractivity contribution in [3.63, 3.8) is 0 Å². The van der Waals surface area contributed by atoms with Gasteiger partial charge < -0.3 is 10.6 Å². The van der Waals surface area contributed by atoms with E-state index in [9.17, 15) is 4.79 Å². The number of carbonyl (C=O) groups is 1. The van der Waals surface area contributed by atoms with E-state index in [1.165, 1.54) is 5.56 Å². The van der Waals surface area contributed by atoms with Crippen molar-refractivity contribution in [3.8, 4) is 0 Å². The smallest absolute Gasteiger partial charge is 0.251 e. The van der Waals surface area contributed by atoms with Crippen LogP contribution in [0.25, 0.3) is 0 Å². The molecule has 1 rings (SSSR count). The molecule has 0 spiro atoms. The van der Waals surface area contributed by atoms with Gasteiger partial charge in [-0.15, -0.1) is 0 Å². The molecule has 0 heterocycles. The van der Waals surface area contributed by atoms with Crippen molar-refractivity contribution in [2.45, 2.75) is 33.2 Å². The summed E-state index contributed by atoms with van der Waals surface area (Å²) in [6.07, 6.45) is 0.954. The average Bonchev–Trinajstić information content (AvgIpc) is 2.29. The zero-order valence-corrected chi connectivity index (χ0v) is 10.9. The lowest BCUT2D eigenvalue weighted by Gasteiger charge is -2.08. The number of hydrogen-bond acceptors (Lipinski definition) is 2. The third kappa shape index (κ3) is 5.50. The molecule has 1 amide bonds. The summed E-state index contributed by atoms with van der Waals surface area (Å²) in [5, 5.41) is 6.23. The molecule has 0 unspecified atom stereocenters. The highest BCUT2D eigenvalue weighted by molar-refractivity contribution is 5.94. The molecule has 1 aromatic carbocycles. The number of rotatable bonds is 6. The van der Waals surface area contributed by atoms with Gasteiger partial charge in [0, 0.05) is 18.2 Å². The summed E-state index contributed by atoms with van der Waals surface area (Å²) in [6, 6.07) is 8.13. The van der Waals surface area contributed by atoms with E-state index < -0.39 is 0 Å². The maximum atomic E-state index is 11.7. The summed E-state index contributed by atoms with van der Waals surface area (Å²) >= 11 is 0. The van der Waals surface area contributed by atoms with E-state index in [1.54, 1.807) is 0 Å². The van der Waals surface area contributed by atoms with Crippen LogP contribution in [0, 0.1) is 6.92 Å². The van der Waals surface area contributed by atoms with E-state index in [0.29, 0.717) is 12.6 Å². The van der Waals surface area contributed by atoms with Gasteiger partial charge in [0.05, 0.1) is 0 Å². The van der Waals surface area contributed by atoms with Gasteiger partial charge in [0.15, 0.2) is 0 Å². The highest BCUT2D eigenvalue weighted by Crippen LogP contribution is 2.02. The molecule has 0 fully saturated rings. The first-order valence-electron chi connectivity index (χ1n) is 6.18.